The fourth-order valence-electron chi connectivity index (χ4n) is 7.33. The van der Waals surface area contributed by atoms with Gasteiger partial charge in [0, 0.05) is 20.8 Å². The Bertz CT molecular complexity index is 696. The van der Waals surface area contributed by atoms with Gasteiger partial charge in [0.1, 0.15) is 0 Å². The Labute approximate surface area is 325 Å². The Morgan fingerprint density at radius 1 is 0.510 bits per heavy atom. The van der Waals surface area contributed by atoms with Crippen LogP contribution in [0.5, 0.6) is 0 Å². The number of unbranched alkanes of at least 4 members (excludes halogenated alkanes) is 22. The molecule has 0 aliphatic rings. The van der Waals surface area contributed by atoms with Gasteiger partial charge in [-0.05, 0) is 77.3 Å². The van der Waals surface area contributed by atoms with Gasteiger partial charge in [0.15, 0.2) is 0 Å². The highest BCUT2D eigenvalue weighted by Gasteiger charge is 2.12. The summed E-state index contributed by atoms with van der Waals surface area (Å²) in [4.78, 5) is 2.59. The normalized spacial score (nSPS) is 12.0. The first-order chi connectivity index (χ1) is 24.5. The highest BCUT2D eigenvalue weighted by atomic mass is 16.5. The lowest BCUT2D eigenvalue weighted by molar-refractivity contribution is 0.0895. The number of hydrogen-bond acceptors (Lipinski definition) is 3. The molecule has 0 spiro atoms. The van der Waals surface area contributed by atoms with E-state index in [1.54, 1.807) is 0 Å². The van der Waals surface area contributed by atoms with Gasteiger partial charge in [-0.3, -0.25) is 0 Å². The maximum Gasteiger partial charge on any atom is 0.0982 e. The maximum absolute atomic E-state index is 6.49. The molecule has 0 N–H and O–H groups in total. The summed E-state index contributed by atoms with van der Waals surface area (Å²) in [5.41, 5.74) is 0. The summed E-state index contributed by atoms with van der Waals surface area (Å²) in [5.74, 6) is 2.88. The second-order valence-corrected chi connectivity index (χ2v) is 16.1. The van der Waals surface area contributed by atoms with E-state index in [-0.39, 0.29) is 8.85 Å². The summed E-state index contributed by atoms with van der Waals surface area (Å²) in [5, 5.41) is 0. The monoisotopic (exact) mass is 722 g/mol. The molecule has 0 rings (SSSR count). The summed E-state index contributed by atoms with van der Waals surface area (Å²) in [6.07, 6.45) is 43.7. The third-order valence-electron chi connectivity index (χ3n) is 10.9. The van der Waals surface area contributed by atoms with Crippen molar-refractivity contribution in [1.29, 1.82) is 0 Å². The molecule has 308 valence electrons. The number of nitrogens with zero attached hydrogens (tertiary/aromatic N) is 1. The van der Waals surface area contributed by atoms with E-state index in [4.69, 9.17) is 9.47 Å². The molecule has 0 saturated heterocycles. The van der Waals surface area contributed by atoms with Crippen LogP contribution in [-0.4, -0.2) is 37.7 Å². The number of allylic oxidation sites excluding steroid dienone is 2. The van der Waals surface area contributed by atoms with Crippen molar-refractivity contribution in [3.63, 3.8) is 0 Å². The second kappa shape index (κ2) is 41.8. The Hall–Kier alpha value is -0.960. The van der Waals surface area contributed by atoms with Crippen molar-refractivity contribution in [3.8, 4) is 0 Å². The van der Waals surface area contributed by atoms with Gasteiger partial charge in [-0.15, -0.1) is 0 Å². The fraction of sp³-hybridized carbons (Fsp3) is 0.917. The molecule has 0 bridgehead atoms. The zero-order valence-corrected chi connectivity index (χ0v) is 35.3. The van der Waals surface area contributed by atoms with Crippen LogP contribution in [0.15, 0.2) is 24.7 Å². The van der Waals surface area contributed by atoms with Crippen LogP contribution in [-0.2, 0) is 9.47 Å². The SMILES string of the molecule is C.C=C(CCCCCC(CC)CN(C)CCCCCCCC(=C)OC(CCCCCCCC)CCCCCCCC)OCCCCCCCCC.[HH]. The smallest absolute Gasteiger partial charge is 0.0982 e. The first-order valence-corrected chi connectivity index (χ1v) is 22.8. The van der Waals surface area contributed by atoms with Crippen molar-refractivity contribution >= 4 is 0 Å². The van der Waals surface area contributed by atoms with Gasteiger partial charge in [-0.1, -0.05) is 190 Å². The third-order valence-corrected chi connectivity index (χ3v) is 10.9. The van der Waals surface area contributed by atoms with Gasteiger partial charge in [0.05, 0.1) is 24.2 Å². The van der Waals surface area contributed by atoms with Crippen molar-refractivity contribution in [3.05, 3.63) is 24.7 Å². The Balaban J connectivity index is -0.0000120. The lowest BCUT2D eigenvalue weighted by Gasteiger charge is -2.23. The van der Waals surface area contributed by atoms with E-state index < -0.39 is 0 Å². The summed E-state index contributed by atoms with van der Waals surface area (Å²) in [7, 11) is 2.34. The first-order valence-electron chi connectivity index (χ1n) is 22.8. The molecule has 0 aliphatic carbocycles. The van der Waals surface area contributed by atoms with Gasteiger partial charge < -0.3 is 14.4 Å². The molecular formula is C48H99NO2. The maximum atomic E-state index is 6.49. The lowest BCUT2D eigenvalue weighted by Crippen LogP contribution is -2.26. The molecule has 0 fully saturated rings. The van der Waals surface area contributed by atoms with E-state index in [1.165, 1.54) is 212 Å². The van der Waals surface area contributed by atoms with Gasteiger partial charge in [-0.25, -0.2) is 0 Å². The number of hydrogen-bond donors (Lipinski definition) is 0. The predicted molar refractivity (Wildman–Crippen MR) is 234 cm³/mol. The van der Waals surface area contributed by atoms with Crippen LogP contribution in [0.25, 0.3) is 0 Å². The Morgan fingerprint density at radius 2 is 0.922 bits per heavy atom. The summed E-state index contributed by atoms with van der Waals surface area (Å²) < 4.78 is 12.4. The Kier molecular flexibility index (Phi) is 42.7. The van der Waals surface area contributed by atoms with E-state index in [0.717, 1.165) is 36.9 Å². The molecule has 0 aromatic carbocycles. The van der Waals surface area contributed by atoms with E-state index in [2.05, 4.69) is 52.8 Å². The summed E-state index contributed by atoms with van der Waals surface area (Å²) in [6.45, 7) is 21.1. The molecule has 0 aromatic heterocycles. The first kappa shape index (κ1) is 52.1. The minimum atomic E-state index is 0. The van der Waals surface area contributed by atoms with E-state index >= 15 is 0 Å². The molecule has 0 aliphatic heterocycles. The molecule has 0 heterocycles. The lowest BCUT2D eigenvalue weighted by atomic mass is 9.97. The standard InChI is InChI=1S/C47H93NO2.CH4.H2/c1-8-12-15-18-21-27-35-42-49-44(5)36-30-28-31-38-46(11-4)43-48(7)41-34-26-22-23-29-37-45(6)50-47(39-32-24-19-16-13-9-2)40-33-25-20-17-14-10-3;;/h46-47H,5-6,8-43H2,1-4,7H3;1H4;1H. The van der Waals surface area contributed by atoms with Crippen molar-refractivity contribution in [1.82, 2.24) is 4.90 Å². The Morgan fingerprint density at radius 3 is 1.45 bits per heavy atom. The molecule has 0 amide bonds. The third kappa shape index (κ3) is 38.6. The number of ether oxygens (including phenoxy) is 2. The molecule has 0 saturated carbocycles. The van der Waals surface area contributed by atoms with Crippen molar-refractivity contribution < 1.29 is 10.9 Å². The largest absolute Gasteiger partial charge is 0.499 e. The molecule has 0 aromatic rings. The van der Waals surface area contributed by atoms with Crippen molar-refractivity contribution in [2.75, 3.05) is 26.7 Å². The zero-order valence-electron chi connectivity index (χ0n) is 35.3. The van der Waals surface area contributed by atoms with Crippen LogP contribution in [0.1, 0.15) is 248 Å². The molecule has 1 atom stereocenters. The van der Waals surface area contributed by atoms with Crippen LogP contribution < -0.4 is 0 Å². The molecule has 0 radical (unpaired) electrons. The van der Waals surface area contributed by atoms with Gasteiger partial charge >= 0.3 is 0 Å². The average molecular weight is 722 g/mol. The quantitative estimate of drug-likeness (QED) is 0.0463. The van der Waals surface area contributed by atoms with Crippen LogP contribution >= 0.6 is 0 Å². The van der Waals surface area contributed by atoms with Gasteiger partial charge in [-0.2, -0.15) is 0 Å². The zero-order chi connectivity index (χ0) is 36.8. The summed E-state index contributed by atoms with van der Waals surface area (Å²) >= 11 is 0. The number of rotatable bonds is 42. The van der Waals surface area contributed by atoms with E-state index in [1.807, 2.05) is 0 Å². The van der Waals surface area contributed by atoms with E-state index in [9.17, 15) is 0 Å². The van der Waals surface area contributed by atoms with Gasteiger partial charge in [0.2, 0.25) is 0 Å². The van der Waals surface area contributed by atoms with Crippen LogP contribution in [0.3, 0.4) is 0 Å². The minimum absolute atomic E-state index is 0. The average Bonchev–Trinajstić information content (AvgIpc) is 3.11. The molecule has 51 heavy (non-hydrogen) atoms. The minimum Gasteiger partial charge on any atom is -0.499 e. The predicted octanol–water partition coefficient (Wildman–Crippen LogP) is 16.8. The van der Waals surface area contributed by atoms with Crippen LogP contribution in [0.4, 0.5) is 0 Å². The van der Waals surface area contributed by atoms with E-state index in [0.29, 0.717) is 6.10 Å². The van der Waals surface area contributed by atoms with Gasteiger partial charge in [0.25, 0.3) is 0 Å². The topological polar surface area (TPSA) is 21.7 Å². The van der Waals surface area contributed by atoms with Crippen molar-refractivity contribution in [2.45, 2.75) is 253 Å². The highest BCUT2D eigenvalue weighted by Crippen LogP contribution is 2.22. The van der Waals surface area contributed by atoms with Crippen molar-refractivity contribution in [2.24, 2.45) is 5.92 Å². The second-order valence-electron chi connectivity index (χ2n) is 16.1. The summed E-state index contributed by atoms with van der Waals surface area (Å²) in [6, 6.07) is 0. The molecule has 3 nitrogen and oxygen atoms in total. The molecule has 3 heteroatoms. The highest BCUT2D eigenvalue weighted by molar-refractivity contribution is 4.84. The molecular weight excluding hydrogens is 623 g/mol. The fourth-order valence-corrected chi connectivity index (χ4v) is 7.33. The van der Waals surface area contributed by atoms with Crippen LogP contribution in [0.2, 0.25) is 0 Å². The van der Waals surface area contributed by atoms with Crippen LogP contribution in [0, 0.1) is 5.92 Å². The molecule has 1 unspecified atom stereocenters.